The van der Waals surface area contributed by atoms with Crippen LogP contribution in [0.1, 0.15) is 36.9 Å². The number of aromatic hydroxyl groups is 1. The standard InChI is InChI=1S/C19H23N3O3/c1-14(2)10-19-20-18(21-25-19)13-22(12-16-7-5-9-24-16)11-15-6-3-4-8-17(15)23/h3-9,14,23H,10-13H2,1-2H3. The van der Waals surface area contributed by atoms with Gasteiger partial charge in [-0.15, -0.1) is 0 Å². The van der Waals surface area contributed by atoms with Gasteiger partial charge in [0.1, 0.15) is 11.5 Å². The Kier molecular flexibility index (Phi) is 5.50. The lowest BCUT2D eigenvalue weighted by Crippen LogP contribution is -2.23. The summed E-state index contributed by atoms with van der Waals surface area (Å²) in [6, 6.07) is 11.1. The SMILES string of the molecule is CC(C)Cc1nc(CN(Cc2ccco2)Cc2ccccc2O)no1. The Morgan fingerprint density at radius 2 is 1.92 bits per heavy atom. The Morgan fingerprint density at radius 3 is 2.64 bits per heavy atom. The molecule has 0 fully saturated rings. The van der Waals surface area contributed by atoms with Gasteiger partial charge >= 0.3 is 0 Å². The number of hydrogen-bond donors (Lipinski definition) is 1. The number of furan rings is 1. The monoisotopic (exact) mass is 341 g/mol. The highest BCUT2D eigenvalue weighted by molar-refractivity contribution is 5.31. The van der Waals surface area contributed by atoms with E-state index in [-0.39, 0.29) is 5.75 Å². The molecule has 0 spiro atoms. The van der Waals surface area contributed by atoms with Gasteiger partial charge in [0.05, 0.1) is 19.4 Å². The highest BCUT2D eigenvalue weighted by Gasteiger charge is 2.16. The number of benzene rings is 1. The summed E-state index contributed by atoms with van der Waals surface area (Å²) in [6.45, 7) is 5.89. The predicted molar refractivity (Wildman–Crippen MR) is 92.6 cm³/mol. The van der Waals surface area contributed by atoms with E-state index in [1.165, 1.54) is 0 Å². The molecule has 25 heavy (non-hydrogen) atoms. The molecule has 0 unspecified atom stereocenters. The fourth-order valence-corrected chi connectivity index (χ4v) is 2.66. The van der Waals surface area contributed by atoms with Crippen LogP contribution in [0.15, 0.2) is 51.6 Å². The summed E-state index contributed by atoms with van der Waals surface area (Å²) in [4.78, 5) is 6.58. The number of rotatable bonds is 8. The van der Waals surface area contributed by atoms with Crippen LogP contribution in [0.5, 0.6) is 5.75 Å². The van der Waals surface area contributed by atoms with Crippen molar-refractivity contribution < 1.29 is 14.0 Å². The minimum absolute atomic E-state index is 0.278. The number of aromatic nitrogens is 2. The van der Waals surface area contributed by atoms with E-state index in [2.05, 4.69) is 28.9 Å². The molecular weight excluding hydrogens is 318 g/mol. The lowest BCUT2D eigenvalue weighted by atomic mass is 10.1. The van der Waals surface area contributed by atoms with E-state index in [1.54, 1.807) is 12.3 Å². The highest BCUT2D eigenvalue weighted by Crippen LogP contribution is 2.20. The van der Waals surface area contributed by atoms with Crippen molar-refractivity contribution in [3.63, 3.8) is 0 Å². The van der Waals surface area contributed by atoms with E-state index in [0.717, 1.165) is 17.7 Å². The average molecular weight is 341 g/mol. The first kappa shape index (κ1) is 17.2. The summed E-state index contributed by atoms with van der Waals surface area (Å²) in [5.74, 6) is 2.89. The number of phenolic OH excluding ortho intramolecular Hbond substituents is 1. The van der Waals surface area contributed by atoms with E-state index in [4.69, 9.17) is 8.94 Å². The second kappa shape index (κ2) is 7.98. The van der Waals surface area contributed by atoms with Crippen molar-refractivity contribution in [1.29, 1.82) is 0 Å². The van der Waals surface area contributed by atoms with Crippen LogP contribution in [0, 0.1) is 5.92 Å². The van der Waals surface area contributed by atoms with Gasteiger partial charge in [0.15, 0.2) is 5.82 Å². The number of phenols is 1. The first-order chi connectivity index (χ1) is 12.1. The number of para-hydroxylation sites is 1. The van der Waals surface area contributed by atoms with Crippen molar-refractivity contribution in [2.45, 2.75) is 39.9 Å². The van der Waals surface area contributed by atoms with Crippen molar-refractivity contribution >= 4 is 0 Å². The van der Waals surface area contributed by atoms with Crippen molar-refractivity contribution in [2.24, 2.45) is 5.92 Å². The molecule has 0 aliphatic carbocycles. The molecule has 0 radical (unpaired) electrons. The van der Waals surface area contributed by atoms with Crippen molar-refractivity contribution in [1.82, 2.24) is 15.0 Å². The Balaban J connectivity index is 1.74. The summed E-state index contributed by atoms with van der Waals surface area (Å²) < 4.78 is 10.8. The van der Waals surface area contributed by atoms with Crippen LogP contribution in [-0.2, 0) is 26.1 Å². The Morgan fingerprint density at radius 1 is 1.08 bits per heavy atom. The first-order valence-corrected chi connectivity index (χ1v) is 8.43. The molecule has 6 heteroatoms. The van der Waals surface area contributed by atoms with Gasteiger partial charge in [-0.1, -0.05) is 37.2 Å². The highest BCUT2D eigenvalue weighted by atomic mass is 16.5. The van der Waals surface area contributed by atoms with E-state index in [0.29, 0.717) is 37.3 Å². The lowest BCUT2D eigenvalue weighted by molar-refractivity contribution is 0.215. The maximum Gasteiger partial charge on any atom is 0.226 e. The molecule has 1 N–H and O–H groups in total. The molecule has 3 rings (SSSR count). The molecule has 0 amide bonds. The molecule has 0 saturated carbocycles. The largest absolute Gasteiger partial charge is 0.508 e. The van der Waals surface area contributed by atoms with Crippen LogP contribution in [0.4, 0.5) is 0 Å². The summed E-state index contributed by atoms with van der Waals surface area (Å²) in [5, 5.41) is 14.1. The second-order valence-corrected chi connectivity index (χ2v) is 6.56. The molecule has 2 heterocycles. The Hall–Kier alpha value is -2.60. The molecule has 0 atom stereocenters. The van der Waals surface area contributed by atoms with Gasteiger partial charge < -0.3 is 14.0 Å². The van der Waals surface area contributed by atoms with Crippen LogP contribution in [-0.4, -0.2) is 20.1 Å². The minimum atomic E-state index is 0.278. The van der Waals surface area contributed by atoms with E-state index >= 15 is 0 Å². The topological polar surface area (TPSA) is 75.5 Å². The molecule has 1 aromatic carbocycles. The second-order valence-electron chi connectivity index (χ2n) is 6.56. The van der Waals surface area contributed by atoms with Gasteiger partial charge in [0, 0.05) is 18.5 Å². The van der Waals surface area contributed by atoms with Crippen LogP contribution < -0.4 is 0 Å². The summed E-state index contributed by atoms with van der Waals surface area (Å²) in [7, 11) is 0. The zero-order chi connectivity index (χ0) is 17.6. The third-order valence-corrected chi connectivity index (χ3v) is 3.80. The molecule has 0 aliphatic rings. The van der Waals surface area contributed by atoms with Gasteiger partial charge in [-0.25, -0.2) is 0 Å². The fourth-order valence-electron chi connectivity index (χ4n) is 2.66. The van der Waals surface area contributed by atoms with Crippen LogP contribution in [0.3, 0.4) is 0 Å². The van der Waals surface area contributed by atoms with Gasteiger partial charge in [-0.3, -0.25) is 4.90 Å². The van der Waals surface area contributed by atoms with Crippen molar-refractivity contribution in [2.75, 3.05) is 0 Å². The number of hydrogen-bond acceptors (Lipinski definition) is 6. The predicted octanol–water partition coefficient (Wildman–Crippen LogP) is 3.77. The molecule has 2 aromatic heterocycles. The molecule has 3 aromatic rings. The first-order valence-electron chi connectivity index (χ1n) is 8.43. The molecule has 0 aliphatic heterocycles. The Labute approximate surface area is 147 Å². The van der Waals surface area contributed by atoms with Crippen LogP contribution >= 0.6 is 0 Å². The average Bonchev–Trinajstić information content (AvgIpc) is 3.21. The maximum absolute atomic E-state index is 10.1. The van der Waals surface area contributed by atoms with Gasteiger partial charge in [-0.05, 0) is 24.1 Å². The molecule has 132 valence electrons. The molecule has 0 bridgehead atoms. The quantitative estimate of drug-likeness (QED) is 0.672. The van der Waals surface area contributed by atoms with Crippen LogP contribution in [0.25, 0.3) is 0 Å². The molecular formula is C19H23N3O3. The van der Waals surface area contributed by atoms with Crippen molar-refractivity contribution in [3.05, 3.63) is 65.7 Å². The summed E-state index contributed by atoms with van der Waals surface area (Å²) in [6.07, 6.45) is 2.42. The zero-order valence-electron chi connectivity index (χ0n) is 14.6. The summed E-state index contributed by atoms with van der Waals surface area (Å²) in [5.41, 5.74) is 0.847. The fraction of sp³-hybridized carbons (Fsp3) is 0.368. The normalized spacial score (nSPS) is 11.5. The zero-order valence-corrected chi connectivity index (χ0v) is 14.6. The van der Waals surface area contributed by atoms with Gasteiger partial charge in [0.2, 0.25) is 5.89 Å². The van der Waals surface area contributed by atoms with E-state index in [1.807, 2.05) is 30.3 Å². The minimum Gasteiger partial charge on any atom is -0.508 e. The molecule has 6 nitrogen and oxygen atoms in total. The summed E-state index contributed by atoms with van der Waals surface area (Å²) >= 11 is 0. The van der Waals surface area contributed by atoms with Gasteiger partial charge in [-0.2, -0.15) is 4.98 Å². The third-order valence-electron chi connectivity index (χ3n) is 3.80. The van der Waals surface area contributed by atoms with E-state index < -0.39 is 0 Å². The third kappa shape index (κ3) is 4.93. The lowest BCUT2D eigenvalue weighted by Gasteiger charge is -2.20. The Bertz CT molecular complexity index is 781. The van der Waals surface area contributed by atoms with Crippen molar-refractivity contribution in [3.8, 4) is 5.75 Å². The maximum atomic E-state index is 10.1. The number of nitrogens with zero attached hydrogens (tertiary/aromatic N) is 3. The van der Waals surface area contributed by atoms with Crippen LogP contribution in [0.2, 0.25) is 0 Å². The smallest absolute Gasteiger partial charge is 0.226 e. The van der Waals surface area contributed by atoms with Gasteiger partial charge in [0.25, 0.3) is 0 Å². The molecule has 0 saturated heterocycles. The van der Waals surface area contributed by atoms with E-state index in [9.17, 15) is 5.11 Å².